The number of hydrogen-bond acceptors (Lipinski definition) is 1. The lowest BCUT2D eigenvalue weighted by Crippen LogP contribution is -2.25. The van der Waals surface area contributed by atoms with Gasteiger partial charge in [0, 0.05) is 6.04 Å². The van der Waals surface area contributed by atoms with E-state index < -0.39 is 0 Å². The summed E-state index contributed by atoms with van der Waals surface area (Å²) in [5.74, 6) is 0. The Hall–Kier alpha value is -2.12. The fourth-order valence-corrected chi connectivity index (χ4v) is 2.74. The normalized spacial score (nSPS) is 12.4. The first-order valence-corrected chi connectivity index (χ1v) is 7.09. The topological polar surface area (TPSA) is 26.0 Å². The molecule has 0 amide bonds. The Balaban J connectivity index is 1.79. The van der Waals surface area contributed by atoms with Crippen LogP contribution < -0.4 is 5.73 Å². The van der Waals surface area contributed by atoms with Crippen molar-refractivity contribution in [3.8, 4) is 0 Å². The Morgan fingerprint density at radius 1 is 0.700 bits per heavy atom. The van der Waals surface area contributed by atoms with Crippen LogP contribution in [0.15, 0.2) is 72.8 Å². The Morgan fingerprint density at radius 2 is 1.40 bits per heavy atom. The number of benzene rings is 3. The summed E-state index contributed by atoms with van der Waals surface area (Å²) < 4.78 is 0. The second-order valence-corrected chi connectivity index (χ2v) is 5.29. The van der Waals surface area contributed by atoms with E-state index in [0.29, 0.717) is 0 Å². The predicted octanol–water partition coefficient (Wildman–Crippen LogP) is 3.95. The summed E-state index contributed by atoms with van der Waals surface area (Å²) in [6.07, 6.45) is 1.83. The smallest absolute Gasteiger partial charge is 0.0120 e. The average Bonchev–Trinajstić information content (AvgIpc) is 2.48. The molecular weight excluding hydrogens is 242 g/mol. The van der Waals surface area contributed by atoms with Gasteiger partial charge in [-0.1, -0.05) is 72.8 Å². The zero-order valence-electron chi connectivity index (χ0n) is 11.5. The summed E-state index contributed by atoms with van der Waals surface area (Å²) in [5, 5.41) is 2.61. The molecule has 1 heteroatoms. The van der Waals surface area contributed by atoms with Crippen LogP contribution in [0.4, 0.5) is 0 Å². The highest BCUT2D eigenvalue weighted by Crippen LogP contribution is 2.20. The van der Waals surface area contributed by atoms with Crippen molar-refractivity contribution in [2.45, 2.75) is 18.9 Å². The van der Waals surface area contributed by atoms with Crippen LogP contribution in [0.25, 0.3) is 10.8 Å². The summed E-state index contributed by atoms with van der Waals surface area (Å²) in [6.45, 7) is 0. The maximum absolute atomic E-state index is 6.33. The van der Waals surface area contributed by atoms with Crippen molar-refractivity contribution < 1.29 is 0 Å². The lowest BCUT2D eigenvalue weighted by molar-refractivity contribution is 0.667. The molecule has 3 aromatic rings. The summed E-state index contributed by atoms with van der Waals surface area (Å²) in [5.41, 5.74) is 8.97. The van der Waals surface area contributed by atoms with E-state index in [1.165, 1.54) is 21.9 Å². The first-order valence-electron chi connectivity index (χ1n) is 7.09. The average molecular weight is 261 g/mol. The highest BCUT2D eigenvalue weighted by atomic mass is 14.6. The first kappa shape index (κ1) is 12.9. The molecule has 0 heterocycles. The molecule has 3 aromatic carbocycles. The molecule has 0 aromatic heterocycles. The van der Waals surface area contributed by atoms with Crippen molar-refractivity contribution in [3.63, 3.8) is 0 Å². The van der Waals surface area contributed by atoms with Crippen LogP contribution in [0.3, 0.4) is 0 Å². The molecule has 0 saturated carbocycles. The van der Waals surface area contributed by atoms with Crippen LogP contribution in [0.2, 0.25) is 0 Å². The number of hydrogen-bond donors (Lipinski definition) is 1. The Morgan fingerprint density at radius 3 is 2.25 bits per heavy atom. The molecule has 20 heavy (non-hydrogen) atoms. The quantitative estimate of drug-likeness (QED) is 0.756. The van der Waals surface area contributed by atoms with Crippen LogP contribution in [-0.2, 0) is 12.8 Å². The molecule has 2 N–H and O–H groups in total. The predicted molar refractivity (Wildman–Crippen MR) is 85.8 cm³/mol. The minimum absolute atomic E-state index is 0.156. The van der Waals surface area contributed by atoms with Gasteiger partial charge in [-0.3, -0.25) is 0 Å². The molecule has 0 fully saturated rings. The first-order chi connectivity index (χ1) is 9.83. The summed E-state index contributed by atoms with van der Waals surface area (Å²) in [4.78, 5) is 0. The van der Waals surface area contributed by atoms with Crippen LogP contribution >= 0.6 is 0 Å². The standard InChI is InChI=1S/C19H19N/c20-18(13-15-7-2-1-3-8-15)14-17-11-6-10-16-9-4-5-12-19(16)17/h1-12,18H,13-14,20H2. The lowest BCUT2D eigenvalue weighted by atomic mass is 9.96. The van der Waals surface area contributed by atoms with E-state index in [9.17, 15) is 0 Å². The largest absolute Gasteiger partial charge is 0.327 e. The number of nitrogens with two attached hydrogens (primary N) is 1. The van der Waals surface area contributed by atoms with E-state index in [2.05, 4.69) is 66.7 Å². The summed E-state index contributed by atoms with van der Waals surface area (Å²) in [7, 11) is 0. The van der Waals surface area contributed by atoms with Crippen LogP contribution in [0.1, 0.15) is 11.1 Å². The van der Waals surface area contributed by atoms with Crippen molar-refractivity contribution >= 4 is 10.8 Å². The molecule has 0 spiro atoms. The van der Waals surface area contributed by atoms with E-state index in [-0.39, 0.29) is 6.04 Å². The summed E-state index contributed by atoms with van der Waals surface area (Å²) in [6, 6.07) is 25.6. The Kier molecular flexibility index (Phi) is 3.80. The Labute approximate surface area is 120 Å². The van der Waals surface area contributed by atoms with Crippen molar-refractivity contribution in [2.24, 2.45) is 5.73 Å². The van der Waals surface area contributed by atoms with Gasteiger partial charge < -0.3 is 5.73 Å². The minimum Gasteiger partial charge on any atom is -0.327 e. The third-order valence-electron chi connectivity index (χ3n) is 3.70. The van der Waals surface area contributed by atoms with Crippen molar-refractivity contribution in [2.75, 3.05) is 0 Å². The number of rotatable bonds is 4. The molecule has 1 atom stereocenters. The monoisotopic (exact) mass is 261 g/mol. The molecule has 1 unspecified atom stereocenters. The van der Waals surface area contributed by atoms with E-state index in [1.54, 1.807) is 0 Å². The maximum Gasteiger partial charge on any atom is 0.0120 e. The maximum atomic E-state index is 6.33. The molecule has 0 aliphatic heterocycles. The third-order valence-corrected chi connectivity index (χ3v) is 3.70. The van der Waals surface area contributed by atoms with Gasteiger partial charge in [0.25, 0.3) is 0 Å². The van der Waals surface area contributed by atoms with Crippen molar-refractivity contribution in [1.29, 1.82) is 0 Å². The van der Waals surface area contributed by atoms with Crippen LogP contribution in [-0.4, -0.2) is 6.04 Å². The lowest BCUT2D eigenvalue weighted by Gasteiger charge is -2.13. The SMILES string of the molecule is NC(Cc1ccccc1)Cc1cccc2ccccc12. The molecule has 0 bridgehead atoms. The second-order valence-electron chi connectivity index (χ2n) is 5.29. The van der Waals surface area contributed by atoms with Gasteiger partial charge in [0.1, 0.15) is 0 Å². The molecule has 3 rings (SSSR count). The van der Waals surface area contributed by atoms with Gasteiger partial charge in [-0.2, -0.15) is 0 Å². The highest BCUT2D eigenvalue weighted by Gasteiger charge is 2.07. The fourth-order valence-electron chi connectivity index (χ4n) is 2.74. The molecule has 100 valence electrons. The molecule has 0 aliphatic carbocycles. The second kappa shape index (κ2) is 5.89. The minimum atomic E-state index is 0.156. The number of fused-ring (bicyclic) bond motifs is 1. The van der Waals surface area contributed by atoms with E-state index in [0.717, 1.165) is 12.8 Å². The molecule has 0 radical (unpaired) electrons. The molecular formula is C19H19N. The molecule has 0 saturated heterocycles. The van der Waals surface area contributed by atoms with Gasteiger partial charge in [-0.05, 0) is 34.7 Å². The third kappa shape index (κ3) is 2.89. The zero-order chi connectivity index (χ0) is 13.8. The van der Waals surface area contributed by atoms with Crippen molar-refractivity contribution in [1.82, 2.24) is 0 Å². The van der Waals surface area contributed by atoms with E-state index >= 15 is 0 Å². The van der Waals surface area contributed by atoms with Gasteiger partial charge in [0.2, 0.25) is 0 Å². The van der Waals surface area contributed by atoms with Gasteiger partial charge in [-0.15, -0.1) is 0 Å². The van der Waals surface area contributed by atoms with Crippen LogP contribution in [0.5, 0.6) is 0 Å². The zero-order valence-corrected chi connectivity index (χ0v) is 11.5. The molecule has 1 nitrogen and oxygen atoms in total. The van der Waals surface area contributed by atoms with Crippen molar-refractivity contribution in [3.05, 3.63) is 83.9 Å². The van der Waals surface area contributed by atoms with E-state index in [1.807, 2.05) is 6.07 Å². The van der Waals surface area contributed by atoms with E-state index in [4.69, 9.17) is 5.73 Å². The van der Waals surface area contributed by atoms with Gasteiger partial charge in [0.05, 0.1) is 0 Å². The highest BCUT2D eigenvalue weighted by molar-refractivity contribution is 5.85. The van der Waals surface area contributed by atoms with Gasteiger partial charge in [-0.25, -0.2) is 0 Å². The fraction of sp³-hybridized carbons (Fsp3) is 0.158. The summed E-state index contributed by atoms with van der Waals surface area (Å²) >= 11 is 0. The van der Waals surface area contributed by atoms with Gasteiger partial charge >= 0.3 is 0 Å². The Bertz CT molecular complexity index is 683. The molecule has 0 aliphatic rings. The van der Waals surface area contributed by atoms with Gasteiger partial charge in [0.15, 0.2) is 0 Å². The van der Waals surface area contributed by atoms with Crippen LogP contribution in [0, 0.1) is 0 Å².